The summed E-state index contributed by atoms with van der Waals surface area (Å²) in [6, 6.07) is 6.87. The van der Waals surface area contributed by atoms with Crippen molar-refractivity contribution in [2.45, 2.75) is 56.7 Å². The number of hydrogen-bond donors (Lipinski definition) is 5. The summed E-state index contributed by atoms with van der Waals surface area (Å²) in [5.74, 6) is -0.268. The summed E-state index contributed by atoms with van der Waals surface area (Å²) in [6.07, 6.45) is 1.73. The van der Waals surface area contributed by atoms with Gasteiger partial charge in [-0.15, -0.1) is 0 Å². The molecule has 1 aliphatic rings. The number of nitrogens with zero attached hydrogens (tertiary/aromatic N) is 3. The summed E-state index contributed by atoms with van der Waals surface area (Å²) in [5.41, 5.74) is 7.87. The fourth-order valence-electron chi connectivity index (χ4n) is 3.07. The summed E-state index contributed by atoms with van der Waals surface area (Å²) in [5, 5.41) is 11.3. The van der Waals surface area contributed by atoms with E-state index < -0.39 is 10.6 Å². The highest BCUT2D eigenvalue weighted by Crippen LogP contribution is 2.52. The number of aliphatic imine (C=N–C) groups is 3. The van der Waals surface area contributed by atoms with Gasteiger partial charge in [0.2, 0.25) is 5.90 Å². The first-order valence-electron chi connectivity index (χ1n) is 10.5. The molecule has 1 saturated heterocycles. The molecule has 2 rings (SSSR count). The maximum Gasteiger partial charge on any atom is 0.289 e. The summed E-state index contributed by atoms with van der Waals surface area (Å²) < 4.78 is 26.1. The molecule has 1 aromatic rings. The van der Waals surface area contributed by atoms with Gasteiger partial charge in [-0.25, -0.2) is 9.98 Å². The third kappa shape index (κ3) is 6.73. The Morgan fingerprint density at radius 1 is 1.22 bits per heavy atom. The van der Waals surface area contributed by atoms with E-state index in [0.29, 0.717) is 16.3 Å². The molecule has 0 aromatic heterocycles. The first kappa shape index (κ1) is 25.7. The monoisotopic (exact) mass is 462 g/mol. The number of hydrogen-bond acceptors (Lipinski definition) is 8. The van der Waals surface area contributed by atoms with Crippen molar-refractivity contribution in [1.29, 1.82) is 5.41 Å². The van der Waals surface area contributed by atoms with E-state index in [4.69, 9.17) is 15.9 Å². The Balaban J connectivity index is 2.23. The zero-order chi connectivity index (χ0) is 23.9. The number of amidine groups is 1. The van der Waals surface area contributed by atoms with E-state index in [1.54, 1.807) is 52.0 Å². The second-order valence-electron chi connectivity index (χ2n) is 7.84. The van der Waals surface area contributed by atoms with Crippen molar-refractivity contribution < 1.29 is 13.8 Å². The highest BCUT2D eigenvalue weighted by Gasteiger charge is 2.20. The molecule has 0 atom stereocenters. The van der Waals surface area contributed by atoms with E-state index >= 15 is 0 Å². The maximum absolute atomic E-state index is 10.3. The van der Waals surface area contributed by atoms with E-state index in [9.17, 15) is 9.11 Å². The second kappa shape index (κ2) is 11.4. The molecule has 176 valence electrons. The average Bonchev–Trinajstić information content (AvgIpc) is 2.77. The van der Waals surface area contributed by atoms with Crippen LogP contribution in [0.15, 0.2) is 55.5 Å². The SMILES string of the molecule is C=N/C(C)=C(\N=C(C)c1ccc(S(O)(O)C(C)C)cc1)C(=N)OC(N)=NC1CCNCC1. The molecule has 1 aliphatic heterocycles. The minimum atomic E-state index is -2.86. The molecule has 10 heteroatoms. The molecule has 0 aliphatic carbocycles. The molecular weight excluding hydrogens is 428 g/mol. The molecule has 0 bridgehead atoms. The number of nitrogens with two attached hydrogens (primary N) is 1. The van der Waals surface area contributed by atoms with Crippen LogP contribution in [0.25, 0.3) is 0 Å². The van der Waals surface area contributed by atoms with Gasteiger partial charge in [0.1, 0.15) is 5.70 Å². The molecule has 0 spiro atoms. The number of ether oxygens (including phenoxy) is 1. The van der Waals surface area contributed by atoms with Crippen molar-refractivity contribution in [2.24, 2.45) is 20.7 Å². The predicted octanol–water partition coefficient (Wildman–Crippen LogP) is 4.01. The van der Waals surface area contributed by atoms with Gasteiger partial charge >= 0.3 is 0 Å². The van der Waals surface area contributed by atoms with Gasteiger partial charge in [0.25, 0.3) is 6.02 Å². The Morgan fingerprint density at radius 2 is 1.81 bits per heavy atom. The molecular formula is C22H34N6O3S. The molecule has 1 heterocycles. The molecule has 32 heavy (non-hydrogen) atoms. The number of piperidine rings is 1. The van der Waals surface area contributed by atoms with Gasteiger partial charge in [0, 0.05) is 11.0 Å². The maximum atomic E-state index is 10.3. The Bertz CT molecular complexity index is 916. The van der Waals surface area contributed by atoms with Gasteiger partial charge < -0.3 is 15.8 Å². The summed E-state index contributed by atoms with van der Waals surface area (Å²) in [4.78, 5) is 13.2. The lowest BCUT2D eigenvalue weighted by atomic mass is 10.1. The first-order valence-corrected chi connectivity index (χ1v) is 12.1. The minimum Gasteiger partial charge on any atom is -0.405 e. The lowest BCUT2D eigenvalue weighted by molar-refractivity contribution is 0.443. The van der Waals surface area contributed by atoms with Crippen LogP contribution >= 0.6 is 10.6 Å². The molecule has 1 aromatic carbocycles. The zero-order valence-electron chi connectivity index (χ0n) is 19.1. The highest BCUT2D eigenvalue weighted by atomic mass is 32.3. The van der Waals surface area contributed by atoms with Crippen LogP contribution in [-0.2, 0) is 4.74 Å². The smallest absolute Gasteiger partial charge is 0.289 e. The Morgan fingerprint density at radius 3 is 2.34 bits per heavy atom. The quantitative estimate of drug-likeness (QED) is 0.307. The van der Waals surface area contributed by atoms with Crippen LogP contribution in [0.2, 0.25) is 0 Å². The lowest BCUT2D eigenvalue weighted by Crippen LogP contribution is -2.32. The molecule has 0 unspecified atom stereocenters. The Labute approximate surface area is 191 Å². The normalized spacial score (nSPS) is 17.7. The van der Waals surface area contributed by atoms with Gasteiger partial charge in [-0.3, -0.25) is 19.5 Å². The number of allylic oxidation sites excluding steroid dienone is 1. The highest BCUT2D eigenvalue weighted by molar-refractivity contribution is 8.24. The lowest BCUT2D eigenvalue weighted by Gasteiger charge is -2.36. The Kier molecular flexibility index (Phi) is 9.14. The van der Waals surface area contributed by atoms with E-state index in [1.807, 2.05) is 0 Å². The van der Waals surface area contributed by atoms with E-state index in [-0.39, 0.29) is 28.9 Å². The van der Waals surface area contributed by atoms with Crippen molar-refractivity contribution >= 4 is 34.9 Å². The average molecular weight is 463 g/mol. The van der Waals surface area contributed by atoms with Crippen LogP contribution in [0.3, 0.4) is 0 Å². The van der Waals surface area contributed by atoms with E-state index in [0.717, 1.165) is 31.5 Å². The standard InChI is InChI=1S/C22H34N6O3S/c1-14(2)32(29,30)19-8-6-17(7-9-19)15(3)27-20(16(4)25-5)21(23)31-22(24)28-18-10-12-26-13-11-18/h6-9,14,18,23,26,29-30H,5,10-13H2,1-4H3,(H2,24,28)/b20-16-,23-21?,27-15?. The van der Waals surface area contributed by atoms with Crippen molar-refractivity contribution in [3.63, 3.8) is 0 Å². The van der Waals surface area contributed by atoms with Crippen molar-refractivity contribution in [3.05, 3.63) is 41.2 Å². The second-order valence-corrected chi connectivity index (χ2v) is 10.4. The molecule has 0 radical (unpaired) electrons. The van der Waals surface area contributed by atoms with Gasteiger partial charge in [-0.05, 0) is 78.0 Å². The summed E-state index contributed by atoms with van der Waals surface area (Å²) >= 11 is 0. The number of nitrogens with one attached hydrogen (secondary N) is 2. The molecule has 6 N–H and O–H groups in total. The zero-order valence-corrected chi connectivity index (χ0v) is 19.9. The number of benzene rings is 1. The van der Waals surface area contributed by atoms with Crippen LogP contribution in [0, 0.1) is 5.41 Å². The minimum absolute atomic E-state index is 0.0667. The third-order valence-corrected chi connectivity index (χ3v) is 7.46. The molecule has 0 amide bonds. The van der Waals surface area contributed by atoms with Crippen LogP contribution in [0.4, 0.5) is 0 Å². The van der Waals surface area contributed by atoms with Gasteiger partial charge in [-0.1, -0.05) is 12.1 Å². The molecule has 9 nitrogen and oxygen atoms in total. The van der Waals surface area contributed by atoms with Crippen LogP contribution in [-0.4, -0.2) is 57.8 Å². The van der Waals surface area contributed by atoms with Crippen LogP contribution in [0.1, 0.15) is 46.1 Å². The largest absolute Gasteiger partial charge is 0.405 e. The van der Waals surface area contributed by atoms with Gasteiger partial charge in [0.05, 0.1) is 16.6 Å². The third-order valence-electron chi connectivity index (χ3n) is 5.18. The molecule has 0 saturated carbocycles. The van der Waals surface area contributed by atoms with Gasteiger partial charge in [-0.2, -0.15) is 10.6 Å². The first-order chi connectivity index (χ1) is 15.1. The fraction of sp³-hybridized carbons (Fsp3) is 0.455. The number of rotatable bonds is 7. The fourth-order valence-corrected chi connectivity index (χ4v) is 4.15. The van der Waals surface area contributed by atoms with Crippen molar-refractivity contribution in [2.75, 3.05) is 13.1 Å². The van der Waals surface area contributed by atoms with Gasteiger partial charge in [0.15, 0.2) is 0 Å². The van der Waals surface area contributed by atoms with Crippen LogP contribution in [0.5, 0.6) is 0 Å². The summed E-state index contributed by atoms with van der Waals surface area (Å²) in [7, 11) is -2.86. The molecule has 1 fully saturated rings. The van der Waals surface area contributed by atoms with E-state index in [2.05, 4.69) is 27.0 Å². The van der Waals surface area contributed by atoms with Crippen LogP contribution < -0.4 is 11.1 Å². The van der Waals surface area contributed by atoms with Crippen molar-refractivity contribution in [1.82, 2.24) is 5.32 Å². The van der Waals surface area contributed by atoms with E-state index in [1.165, 1.54) is 0 Å². The summed E-state index contributed by atoms with van der Waals surface area (Å²) in [6.45, 7) is 12.3. The van der Waals surface area contributed by atoms with Crippen molar-refractivity contribution in [3.8, 4) is 0 Å². The topological polar surface area (TPSA) is 149 Å². The predicted molar refractivity (Wildman–Crippen MR) is 133 cm³/mol. The Hall–Kier alpha value is -2.53.